The molecule has 4 nitrogen and oxygen atoms in total. The largest absolute Gasteiger partial charge is 0.385 e. The summed E-state index contributed by atoms with van der Waals surface area (Å²) in [6, 6.07) is 17.0. The van der Waals surface area contributed by atoms with Crippen molar-refractivity contribution in [2.24, 2.45) is 0 Å². The quantitative estimate of drug-likeness (QED) is 0.772. The zero-order valence-corrected chi connectivity index (χ0v) is 12.9. The van der Waals surface area contributed by atoms with Crippen LogP contribution in [-0.2, 0) is 9.84 Å². The van der Waals surface area contributed by atoms with Crippen LogP contribution in [-0.4, -0.2) is 27.8 Å². The molecular weight excluding hydrogens is 284 g/mol. The molecule has 2 aromatic carbocycles. The molecule has 0 radical (unpaired) electrons. The molecular formula is C16H20N2O2S. The van der Waals surface area contributed by atoms with E-state index >= 15 is 0 Å². The van der Waals surface area contributed by atoms with Crippen LogP contribution in [0.5, 0.6) is 0 Å². The number of hydrogen-bond donors (Lipinski definition) is 2. The molecule has 0 bridgehead atoms. The van der Waals surface area contributed by atoms with Crippen LogP contribution in [0.25, 0.3) is 0 Å². The van der Waals surface area contributed by atoms with Gasteiger partial charge in [0.2, 0.25) is 0 Å². The fourth-order valence-corrected chi connectivity index (χ4v) is 2.90. The fourth-order valence-electron chi connectivity index (χ4n) is 2.04. The third-order valence-electron chi connectivity index (χ3n) is 3.06. The number of benzene rings is 2. The van der Waals surface area contributed by atoms with E-state index in [-0.39, 0.29) is 0 Å². The van der Waals surface area contributed by atoms with Gasteiger partial charge in [-0.2, -0.15) is 0 Å². The van der Waals surface area contributed by atoms with Gasteiger partial charge < -0.3 is 10.6 Å². The first-order chi connectivity index (χ1) is 10.1. The Kier molecular flexibility index (Phi) is 5.22. The summed E-state index contributed by atoms with van der Waals surface area (Å²) in [6.07, 6.45) is 2.12. The van der Waals surface area contributed by atoms with Gasteiger partial charge in [-0.3, -0.25) is 0 Å². The number of anilines is 2. The highest BCUT2D eigenvalue weighted by Gasteiger charge is 2.11. The van der Waals surface area contributed by atoms with Crippen molar-refractivity contribution < 1.29 is 8.42 Å². The van der Waals surface area contributed by atoms with Crippen molar-refractivity contribution in [1.29, 1.82) is 0 Å². The van der Waals surface area contributed by atoms with E-state index in [9.17, 15) is 8.42 Å². The lowest BCUT2D eigenvalue weighted by Crippen LogP contribution is -2.11. The highest BCUT2D eigenvalue weighted by molar-refractivity contribution is 7.90. The number of sulfone groups is 1. The van der Waals surface area contributed by atoms with Gasteiger partial charge in [-0.25, -0.2) is 8.42 Å². The molecule has 0 saturated carbocycles. The molecule has 2 rings (SSSR count). The third-order valence-corrected chi connectivity index (χ3v) is 4.21. The van der Waals surface area contributed by atoms with E-state index in [0.717, 1.165) is 18.7 Å². The second-order valence-corrected chi connectivity index (χ2v) is 6.83. The molecule has 0 fully saturated rings. The molecule has 0 heterocycles. The molecule has 0 aromatic heterocycles. The molecule has 5 heteroatoms. The Bertz CT molecular complexity index is 670. The van der Waals surface area contributed by atoms with Crippen LogP contribution in [0.3, 0.4) is 0 Å². The number of rotatable bonds is 7. The van der Waals surface area contributed by atoms with E-state index in [2.05, 4.69) is 10.6 Å². The molecule has 2 aromatic rings. The maximum absolute atomic E-state index is 11.7. The summed E-state index contributed by atoms with van der Waals surface area (Å²) in [5.74, 6) is 0. The van der Waals surface area contributed by atoms with Crippen LogP contribution in [0.4, 0.5) is 11.4 Å². The molecule has 0 atom stereocenters. The van der Waals surface area contributed by atoms with Crippen molar-refractivity contribution in [2.75, 3.05) is 30.0 Å². The van der Waals surface area contributed by atoms with E-state index < -0.39 is 9.84 Å². The molecule has 0 amide bonds. The Labute approximate surface area is 126 Å². The van der Waals surface area contributed by atoms with Gasteiger partial charge in [0.1, 0.15) is 0 Å². The summed E-state index contributed by atoms with van der Waals surface area (Å²) in [5.41, 5.74) is 1.76. The molecule has 2 N–H and O–H groups in total. The summed E-state index contributed by atoms with van der Waals surface area (Å²) < 4.78 is 23.4. The van der Waals surface area contributed by atoms with E-state index in [4.69, 9.17) is 0 Å². The van der Waals surface area contributed by atoms with Gasteiger partial charge >= 0.3 is 0 Å². The lowest BCUT2D eigenvalue weighted by atomic mass is 10.3. The Morgan fingerprint density at radius 1 is 0.857 bits per heavy atom. The predicted octanol–water partition coefficient (Wildman–Crippen LogP) is 3.00. The summed E-state index contributed by atoms with van der Waals surface area (Å²) in [7, 11) is -3.20. The van der Waals surface area contributed by atoms with E-state index in [1.807, 2.05) is 36.4 Å². The van der Waals surface area contributed by atoms with Gasteiger partial charge in [-0.05, 0) is 30.7 Å². The molecule has 0 spiro atoms. The Morgan fingerprint density at radius 2 is 1.48 bits per heavy atom. The van der Waals surface area contributed by atoms with Crippen LogP contribution in [0.1, 0.15) is 6.42 Å². The van der Waals surface area contributed by atoms with Gasteiger partial charge in [-0.15, -0.1) is 0 Å². The summed E-state index contributed by atoms with van der Waals surface area (Å²) in [4.78, 5) is 0.348. The fraction of sp³-hybridized carbons (Fsp3) is 0.250. The lowest BCUT2D eigenvalue weighted by molar-refractivity contribution is 0.602. The summed E-state index contributed by atoms with van der Waals surface area (Å²) >= 11 is 0. The second-order valence-electron chi connectivity index (χ2n) is 4.84. The maximum Gasteiger partial charge on any atom is 0.177 e. The highest BCUT2D eigenvalue weighted by Crippen LogP contribution is 2.20. The lowest BCUT2D eigenvalue weighted by Gasteiger charge is -2.11. The van der Waals surface area contributed by atoms with Crippen molar-refractivity contribution in [3.05, 3.63) is 54.6 Å². The Hall–Kier alpha value is -2.01. The first kappa shape index (κ1) is 15.4. The molecule has 0 unspecified atom stereocenters. The third kappa shape index (κ3) is 4.79. The minimum Gasteiger partial charge on any atom is -0.385 e. The van der Waals surface area contributed by atoms with Crippen LogP contribution in [0, 0.1) is 0 Å². The van der Waals surface area contributed by atoms with Gasteiger partial charge in [0, 0.05) is 25.0 Å². The topological polar surface area (TPSA) is 58.2 Å². The minimum atomic E-state index is -3.20. The van der Waals surface area contributed by atoms with E-state index in [1.165, 1.54) is 6.26 Å². The normalized spacial score (nSPS) is 11.1. The van der Waals surface area contributed by atoms with E-state index in [1.54, 1.807) is 18.2 Å². The first-order valence-corrected chi connectivity index (χ1v) is 8.78. The van der Waals surface area contributed by atoms with Crippen LogP contribution in [0.2, 0.25) is 0 Å². The van der Waals surface area contributed by atoms with Crippen molar-refractivity contribution in [2.45, 2.75) is 11.3 Å². The van der Waals surface area contributed by atoms with Crippen molar-refractivity contribution in [3.63, 3.8) is 0 Å². The SMILES string of the molecule is CS(=O)(=O)c1ccccc1NCCCNc1ccccc1. The first-order valence-electron chi connectivity index (χ1n) is 6.89. The average Bonchev–Trinajstić information content (AvgIpc) is 2.47. The number of nitrogens with one attached hydrogen (secondary N) is 2. The van der Waals surface area contributed by atoms with Crippen molar-refractivity contribution in [1.82, 2.24) is 0 Å². The minimum absolute atomic E-state index is 0.348. The average molecular weight is 304 g/mol. The smallest absolute Gasteiger partial charge is 0.177 e. The molecule has 0 aliphatic carbocycles. The van der Waals surface area contributed by atoms with Crippen LogP contribution in [0.15, 0.2) is 59.5 Å². The molecule has 0 saturated heterocycles. The van der Waals surface area contributed by atoms with Crippen LogP contribution >= 0.6 is 0 Å². The number of hydrogen-bond acceptors (Lipinski definition) is 4. The zero-order valence-electron chi connectivity index (χ0n) is 12.0. The Morgan fingerprint density at radius 3 is 2.19 bits per heavy atom. The highest BCUT2D eigenvalue weighted by atomic mass is 32.2. The molecule has 21 heavy (non-hydrogen) atoms. The molecule has 0 aliphatic heterocycles. The van der Waals surface area contributed by atoms with Gasteiger partial charge in [0.25, 0.3) is 0 Å². The van der Waals surface area contributed by atoms with Crippen LogP contribution < -0.4 is 10.6 Å². The van der Waals surface area contributed by atoms with Gasteiger partial charge in [-0.1, -0.05) is 30.3 Å². The monoisotopic (exact) mass is 304 g/mol. The maximum atomic E-state index is 11.7. The van der Waals surface area contributed by atoms with Gasteiger partial charge in [0.15, 0.2) is 9.84 Å². The van der Waals surface area contributed by atoms with Crippen molar-refractivity contribution >= 4 is 21.2 Å². The van der Waals surface area contributed by atoms with Gasteiger partial charge in [0.05, 0.1) is 10.6 Å². The second kappa shape index (κ2) is 7.13. The zero-order chi connectivity index (χ0) is 15.1. The summed E-state index contributed by atoms with van der Waals surface area (Å²) in [5, 5.41) is 6.50. The summed E-state index contributed by atoms with van der Waals surface area (Å²) in [6.45, 7) is 1.55. The van der Waals surface area contributed by atoms with E-state index in [0.29, 0.717) is 17.1 Å². The Balaban J connectivity index is 1.82. The van der Waals surface area contributed by atoms with Crippen molar-refractivity contribution in [3.8, 4) is 0 Å². The predicted molar refractivity (Wildman–Crippen MR) is 87.6 cm³/mol. The standard InChI is InChI=1S/C16H20N2O2S/c1-21(19,20)16-11-6-5-10-15(16)18-13-7-12-17-14-8-3-2-4-9-14/h2-6,8-11,17-18H,7,12-13H2,1H3. The number of para-hydroxylation sites is 2. The molecule has 0 aliphatic rings. The molecule has 112 valence electrons.